The molecule has 2 aliphatic heterocycles. The number of carbonyl (C=O) groups excluding carboxylic acids is 1. The standard InChI is InChI=1S/C13H22F3N3O/c14-13(15,16)9-19-5-3-10(8-19)6-18-12(20)11-2-1-4-17-7-11/h10-11,17H,1-9H2,(H,18,20)/t10?,11-/m1/s1. The second-order valence-corrected chi connectivity index (χ2v) is 5.79. The molecule has 2 N–H and O–H groups in total. The zero-order chi connectivity index (χ0) is 14.6. The zero-order valence-electron chi connectivity index (χ0n) is 11.5. The highest BCUT2D eigenvalue weighted by molar-refractivity contribution is 5.78. The number of piperidine rings is 1. The molecule has 2 atom stereocenters. The number of nitrogens with zero attached hydrogens (tertiary/aromatic N) is 1. The molecule has 2 aliphatic rings. The first-order valence-corrected chi connectivity index (χ1v) is 7.21. The van der Waals surface area contributed by atoms with Crippen molar-refractivity contribution in [3.63, 3.8) is 0 Å². The number of hydrogen-bond acceptors (Lipinski definition) is 3. The summed E-state index contributed by atoms with van der Waals surface area (Å²) in [5.41, 5.74) is 0. The molecule has 20 heavy (non-hydrogen) atoms. The van der Waals surface area contributed by atoms with Crippen LogP contribution < -0.4 is 10.6 Å². The maximum absolute atomic E-state index is 12.3. The highest BCUT2D eigenvalue weighted by Crippen LogP contribution is 2.22. The van der Waals surface area contributed by atoms with Crippen LogP contribution in [0, 0.1) is 11.8 Å². The average Bonchev–Trinajstić information content (AvgIpc) is 2.82. The van der Waals surface area contributed by atoms with Crippen LogP contribution in [-0.4, -0.2) is 56.3 Å². The molecule has 7 heteroatoms. The third-order valence-corrected chi connectivity index (χ3v) is 4.01. The number of likely N-dealkylation sites (tertiary alicyclic amines) is 1. The lowest BCUT2D eigenvalue weighted by Crippen LogP contribution is -2.42. The summed E-state index contributed by atoms with van der Waals surface area (Å²) in [6, 6.07) is 0. The molecule has 0 radical (unpaired) electrons. The van der Waals surface area contributed by atoms with E-state index >= 15 is 0 Å². The minimum absolute atomic E-state index is 0.0106. The van der Waals surface area contributed by atoms with Gasteiger partial charge in [-0.3, -0.25) is 9.69 Å². The van der Waals surface area contributed by atoms with Gasteiger partial charge in [-0.15, -0.1) is 0 Å². The van der Waals surface area contributed by atoms with Gasteiger partial charge < -0.3 is 10.6 Å². The summed E-state index contributed by atoms with van der Waals surface area (Å²) < 4.78 is 36.8. The highest BCUT2D eigenvalue weighted by atomic mass is 19.4. The number of hydrogen-bond donors (Lipinski definition) is 2. The van der Waals surface area contributed by atoms with Crippen LogP contribution in [0.5, 0.6) is 0 Å². The molecule has 0 aliphatic carbocycles. The number of carbonyl (C=O) groups is 1. The Balaban J connectivity index is 1.66. The largest absolute Gasteiger partial charge is 0.401 e. The number of halogens is 3. The Hall–Kier alpha value is -0.820. The van der Waals surface area contributed by atoms with Crippen molar-refractivity contribution in [3.8, 4) is 0 Å². The van der Waals surface area contributed by atoms with Gasteiger partial charge in [0.15, 0.2) is 0 Å². The molecular weight excluding hydrogens is 271 g/mol. The van der Waals surface area contributed by atoms with Crippen LogP contribution in [0.3, 0.4) is 0 Å². The van der Waals surface area contributed by atoms with Crippen LogP contribution >= 0.6 is 0 Å². The topological polar surface area (TPSA) is 44.4 Å². The van der Waals surface area contributed by atoms with E-state index < -0.39 is 12.7 Å². The second kappa shape index (κ2) is 6.76. The van der Waals surface area contributed by atoms with E-state index in [4.69, 9.17) is 0 Å². The molecule has 0 aromatic heterocycles. The molecule has 2 rings (SSSR count). The molecular formula is C13H22F3N3O. The van der Waals surface area contributed by atoms with Gasteiger partial charge in [-0.25, -0.2) is 0 Å². The lowest BCUT2D eigenvalue weighted by atomic mass is 9.98. The maximum Gasteiger partial charge on any atom is 0.401 e. The number of rotatable bonds is 4. The van der Waals surface area contributed by atoms with E-state index in [1.54, 1.807) is 0 Å². The third kappa shape index (κ3) is 4.94. The van der Waals surface area contributed by atoms with E-state index in [9.17, 15) is 18.0 Å². The Morgan fingerprint density at radius 3 is 2.80 bits per heavy atom. The highest BCUT2D eigenvalue weighted by Gasteiger charge is 2.34. The van der Waals surface area contributed by atoms with Crippen molar-refractivity contribution in [2.75, 3.05) is 39.3 Å². The Kier molecular flexibility index (Phi) is 5.26. The van der Waals surface area contributed by atoms with E-state index in [0.717, 1.165) is 25.8 Å². The first-order valence-electron chi connectivity index (χ1n) is 7.21. The Morgan fingerprint density at radius 1 is 1.35 bits per heavy atom. The molecule has 0 aromatic carbocycles. The SMILES string of the molecule is O=C(NCC1CCN(CC(F)(F)F)C1)[C@@H]1CCCNC1. The lowest BCUT2D eigenvalue weighted by molar-refractivity contribution is -0.143. The van der Waals surface area contributed by atoms with Gasteiger partial charge >= 0.3 is 6.18 Å². The predicted molar refractivity (Wildman–Crippen MR) is 69.2 cm³/mol. The molecule has 4 nitrogen and oxygen atoms in total. The normalized spacial score (nSPS) is 28.6. The van der Waals surface area contributed by atoms with E-state index in [-0.39, 0.29) is 17.7 Å². The summed E-state index contributed by atoms with van der Waals surface area (Å²) in [5.74, 6) is 0.181. The lowest BCUT2D eigenvalue weighted by Gasteiger charge is -2.23. The molecule has 0 bridgehead atoms. The van der Waals surface area contributed by atoms with Crippen molar-refractivity contribution in [2.24, 2.45) is 11.8 Å². The summed E-state index contributed by atoms with van der Waals surface area (Å²) in [6.07, 6.45) is -1.52. The quantitative estimate of drug-likeness (QED) is 0.812. The van der Waals surface area contributed by atoms with Crippen LogP contribution in [0.25, 0.3) is 0 Å². The monoisotopic (exact) mass is 293 g/mol. The van der Waals surface area contributed by atoms with Crippen LogP contribution in [0.15, 0.2) is 0 Å². The van der Waals surface area contributed by atoms with E-state index in [1.165, 1.54) is 4.90 Å². The molecule has 2 saturated heterocycles. The van der Waals surface area contributed by atoms with Crippen molar-refractivity contribution < 1.29 is 18.0 Å². The van der Waals surface area contributed by atoms with Crippen LogP contribution in [-0.2, 0) is 4.79 Å². The minimum atomic E-state index is -4.13. The molecule has 2 fully saturated rings. The Bertz CT molecular complexity index is 329. The van der Waals surface area contributed by atoms with Gasteiger partial charge in [-0.05, 0) is 38.3 Å². The molecule has 116 valence electrons. The van der Waals surface area contributed by atoms with Gasteiger partial charge in [-0.1, -0.05) is 0 Å². The Morgan fingerprint density at radius 2 is 2.15 bits per heavy atom. The zero-order valence-corrected chi connectivity index (χ0v) is 11.5. The fourth-order valence-electron chi connectivity index (χ4n) is 2.94. The smallest absolute Gasteiger partial charge is 0.355 e. The summed E-state index contributed by atoms with van der Waals surface area (Å²) >= 11 is 0. The summed E-state index contributed by atoms with van der Waals surface area (Å²) in [4.78, 5) is 13.3. The van der Waals surface area contributed by atoms with Crippen molar-refractivity contribution in [1.29, 1.82) is 0 Å². The van der Waals surface area contributed by atoms with Crippen molar-refractivity contribution in [3.05, 3.63) is 0 Å². The summed E-state index contributed by atoms with van der Waals surface area (Å²) in [5, 5.41) is 6.07. The van der Waals surface area contributed by atoms with E-state index in [2.05, 4.69) is 10.6 Å². The first kappa shape index (κ1) is 15.6. The first-order chi connectivity index (χ1) is 9.44. The number of alkyl halides is 3. The second-order valence-electron chi connectivity index (χ2n) is 5.79. The van der Waals surface area contributed by atoms with Gasteiger partial charge in [0.25, 0.3) is 0 Å². The van der Waals surface area contributed by atoms with Crippen LogP contribution in [0.4, 0.5) is 13.2 Å². The van der Waals surface area contributed by atoms with E-state index in [1.807, 2.05) is 0 Å². The number of amides is 1. The van der Waals surface area contributed by atoms with Crippen LogP contribution in [0.1, 0.15) is 19.3 Å². The molecule has 2 heterocycles. The molecule has 1 unspecified atom stereocenters. The summed E-state index contributed by atoms with van der Waals surface area (Å²) in [7, 11) is 0. The molecule has 1 amide bonds. The van der Waals surface area contributed by atoms with E-state index in [0.29, 0.717) is 26.2 Å². The summed E-state index contributed by atoms with van der Waals surface area (Å²) in [6.45, 7) is 2.19. The molecule has 0 spiro atoms. The predicted octanol–water partition coefficient (Wildman–Crippen LogP) is 0.986. The van der Waals surface area contributed by atoms with Gasteiger partial charge in [0.05, 0.1) is 12.5 Å². The Labute approximate surface area is 117 Å². The van der Waals surface area contributed by atoms with Gasteiger partial charge in [0.2, 0.25) is 5.91 Å². The van der Waals surface area contributed by atoms with Gasteiger partial charge in [0.1, 0.15) is 0 Å². The molecule has 0 aromatic rings. The van der Waals surface area contributed by atoms with Crippen molar-refractivity contribution in [1.82, 2.24) is 15.5 Å². The number of nitrogens with one attached hydrogen (secondary N) is 2. The average molecular weight is 293 g/mol. The van der Waals surface area contributed by atoms with Crippen molar-refractivity contribution >= 4 is 5.91 Å². The maximum atomic E-state index is 12.3. The molecule has 0 saturated carbocycles. The third-order valence-electron chi connectivity index (χ3n) is 4.01. The van der Waals surface area contributed by atoms with Crippen molar-refractivity contribution in [2.45, 2.75) is 25.4 Å². The van der Waals surface area contributed by atoms with Gasteiger partial charge in [0, 0.05) is 19.6 Å². The minimum Gasteiger partial charge on any atom is -0.355 e. The fraction of sp³-hybridized carbons (Fsp3) is 0.923. The van der Waals surface area contributed by atoms with Gasteiger partial charge in [-0.2, -0.15) is 13.2 Å². The van der Waals surface area contributed by atoms with Crippen LogP contribution in [0.2, 0.25) is 0 Å². The fourth-order valence-corrected chi connectivity index (χ4v) is 2.94.